The van der Waals surface area contributed by atoms with Crippen molar-refractivity contribution >= 4 is 33.0 Å². The molecular formula is C14H15BrN2O2S. The van der Waals surface area contributed by atoms with Gasteiger partial charge < -0.3 is 4.74 Å². The monoisotopic (exact) mass is 354 g/mol. The number of aryl methyl sites for hydroxylation is 1. The normalized spacial score (nSPS) is 25.2. The minimum absolute atomic E-state index is 0.139. The maximum absolute atomic E-state index is 12.2. The molecule has 0 unspecified atom stereocenters. The summed E-state index contributed by atoms with van der Waals surface area (Å²) in [5.41, 5.74) is -0.443. The first kappa shape index (κ1) is 15.4. The van der Waals surface area contributed by atoms with Gasteiger partial charge in [-0.2, -0.15) is 5.26 Å². The number of hydrogen-bond acceptors (Lipinski definition) is 5. The molecule has 4 nitrogen and oxygen atoms in total. The zero-order valence-electron chi connectivity index (χ0n) is 11.8. The van der Waals surface area contributed by atoms with Gasteiger partial charge in [0.1, 0.15) is 16.7 Å². The predicted octanol–water partition coefficient (Wildman–Crippen LogP) is 3.50. The first-order valence-corrected chi connectivity index (χ1v) is 7.73. The molecule has 1 aliphatic carbocycles. The summed E-state index contributed by atoms with van der Waals surface area (Å²) in [6.07, 6.45) is 2.09. The van der Waals surface area contributed by atoms with E-state index in [1.165, 1.54) is 11.3 Å². The molecule has 1 heterocycles. The molecule has 6 heteroatoms. The van der Waals surface area contributed by atoms with Crippen LogP contribution < -0.4 is 0 Å². The van der Waals surface area contributed by atoms with Crippen LogP contribution in [0.15, 0.2) is 15.4 Å². The summed E-state index contributed by atoms with van der Waals surface area (Å²) in [6.45, 7) is 5.58. The Morgan fingerprint density at radius 2 is 2.20 bits per heavy atom. The van der Waals surface area contributed by atoms with E-state index in [0.717, 1.165) is 14.5 Å². The minimum Gasteiger partial charge on any atom is -0.367 e. The molecule has 0 amide bonds. The number of allylic oxidation sites excluding steroid dienone is 1. The molecule has 0 radical (unpaired) electrons. The average molecular weight is 355 g/mol. The number of aromatic nitrogens is 1. The van der Waals surface area contributed by atoms with Crippen LogP contribution >= 0.6 is 27.3 Å². The van der Waals surface area contributed by atoms with Crippen molar-refractivity contribution in [1.29, 1.82) is 5.26 Å². The van der Waals surface area contributed by atoms with Crippen LogP contribution in [0.1, 0.15) is 31.0 Å². The van der Waals surface area contributed by atoms with Crippen LogP contribution in [-0.2, 0) is 15.1 Å². The number of Topliss-reactive ketones (excluding diaryl/α,β-unsaturated/α-hetero) is 1. The van der Waals surface area contributed by atoms with Crippen LogP contribution in [0.25, 0.3) is 0 Å². The number of ether oxygens (including phenoxy) is 1. The van der Waals surface area contributed by atoms with Gasteiger partial charge in [-0.1, -0.05) is 13.8 Å². The zero-order valence-corrected chi connectivity index (χ0v) is 14.2. The fourth-order valence-corrected chi connectivity index (χ4v) is 3.93. The summed E-state index contributed by atoms with van der Waals surface area (Å²) >= 11 is 4.93. The van der Waals surface area contributed by atoms with Crippen molar-refractivity contribution in [3.8, 4) is 6.07 Å². The van der Waals surface area contributed by atoms with Crippen molar-refractivity contribution in [3.63, 3.8) is 0 Å². The fraction of sp³-hybridized carbons (Fsp3) is 0.500. The number of ketones is 1. The Kier molecular flexibility index (Phi) is 3.89. The first-order valence-electron chi connectivity index (χ1n) is 6.12. The van der Waals surface area contributed by atoms with Crippen LogP contribution in [0.4, 0.5) is 0 Å². The number of carbonyl (C=O) groups excluding carboxylic acids is 1. The fourth-order valence-electron chi connectivity index (χ4n) is 2.45. The van der Waals surface area contributed by atoms with Gasteiger partial charge in [0.15, 0.2) is 5.78 Å². The van der Waals surface area contributed by atoms with E-state index >= 15 is 0 Å². The van der Waals surface area contributed by atoms with Crippen molar-refractivity contribution in [2.24, 2.45) is 5.41 Å². The lowest BCUT2D eigenvalue weighted by molar-refractivity contribution is -0.128. The van der Waals surface area contributed by atoms with E-state index in [4.69, 9.17) is 4.74 Å². The van der Waals surface area contributed by atoms with Crippen LogP contribution in [0.2, 0.25) is 0 Å². The van der Waals surface area contributed by atoms with Crippen molar-refractivity contribution in [1.82, 2.24) is 4.98 Å². The number of nitrogens with zero attached hydrogens (tertiary/aromatic N) is 2. The van der Waals surface area contributed by atoms with Crippen molar-refractivity contribution < 1.29 is 9.53 Å². The van der Waals surface area contributed by atoms with E-state index in [-0.39, 0.29) is 11.4 Å². The van der Waals surface area contributed by atoms with E-state index in [1.54, 1.807) is 13.2 Å². The van der Waals surface area contributed by atoms with Gasteiger partial charge in [0.2, 0.25) is 0 Å². The van der Waals surface area contributed by atoms with E-state index in [9.17, 15) is 10.1 Å². The molecule has 106 valence electrons. The van der Waals surface area contributed by atoms with E-state index < -0.39 is 11.0 Å². The Bertz CT molecular complexity index is 623. The third-order valence-corrected chi connectivity index (χ3v) is 5.69. The molecule has 1 atom stereocenters. The molecule has 1 aromatic heterocycles. The van der Waals surface area contributed by atoms with E-state index in [1.807, 2.05) is 26.8 Å². The highest BCUT2D eigenvalue weighted by Gasteiger charge is 2.48. The molecular weight excluding hydrogens is 340 g/mol. The first-order chi connectivity index (χ1) is 9.25. The SMILES string of the molecule is CO[C@]1(c2nc(C)c(Br)s2)C=C(C#N)C(=O)C(C)(C)C1. The largest absolute Gasteiger partial charge is 0.367 e. The van der Waals surface area contributed by atoms with Crippen LogP contribution in [0, 0.1) is 23.7 Å². The lowest BCUT2D eigenvalue weighted by Crippen LogP contribution is -2.42. The van der Waals surface area contributed by atoms with Gasteiger partial charge in [0.25, 0.3) is 0 Å². The van der Waals surface area contributed by atoms with Crippen molar-refractivity contribution in [2.45, 2.75) is 32.8 Å². The van der Waals surface area contributed by atoms with Crippen LogP contribution in [0.5, 0.6) is 0 Å². The second-order valence-electron chi connectivity index (χ2n) is 5.53. The number of hydrogen-bond donors (Lipinski definition) is 0. The highest BCUT2D eigenvalue weighted by atomic mass is 79.9. The van der Waals surface area contributed by atoms with Gasteiger partial charge >= 0.3 is 0 Å². The molecule has 0 spiro atoms. The Morgan fingerprint density at radius 3 is 2.65 bits per heavy atom. The average Bonchev–Trinajstić information content (AvgIpc) is 2.73. The van der Waals surface area contributed by atoms with Crippen LogP contribution in [0.3, 0.4) is 0 Å². The molecule has 0 aliphatic heterocycles. The molecule has 0 saturated carbocycles. The third kappa shape index (κ3) is 2.34. The lowest BCUT2D eigenvalue weighted by atomic mass is 9.70. The second kappa shape index (κ2) is 5.06. The number of rotatable bonds is 2. The Morgan fingerprint density at radius 1 is 1.55 bits per heavy atom. The maximum atomic E-state index is 12.2. The van der Waals surface area contributed by atoms with Gasteiger partial charge in [0.05, 0.1) is 15.1 Å². The number of carbonyl (C=O) groups is 1. The van der Waals surface area contributed by atoms with Gasteiger partial charge in [-0.25, -0.2) is 4.98 Å². The highest BCUT2D eigenvalue weighted by Crippen LogP contribution is 2.47. The summed E-state index contributed by atoms with van der Waals surface area (Å²) in [7, 11) is 1.59. The quantitative estimate of drug-likeness (QED) is 0.815. The maximum Gasteiger partial charge on any atom is 0.178 e. The topological polar surface area (TPSA) is 63.0 Å². The molecule has 1 aliphatic rings. The van der Waals surface area contributed by atoms with Crippen molar-refractivity contribution in [3.05, 3.63) is 26.1 Å². The number of methoxy groups -OCH3 is 1. The van der Waals surface area contributed by atoms with Gasteiger partial charge in [-0.05, 0) is 35.4 Å². The third-order valence-electron chi connectivity index (χ3n) is 3.53. The minimum atomic E-state index is -0.816. The van der Waals surface area contributed by atoms with Gasteiger partial charge in [-0.3, -0.25) is 4.79 Å². The summed E-state index contributed by atoms with van der Waals surface area (Å²) in [4.78, 5) is 16.7. The molecule has 0 N–H and O–H groups in total. The number of halogens is 1. The summed E-state index contributed by atoms with van der Waals surface area (Å²) in [5.74, 6) is -0.139. The Balaban J connectivity index is 2.64. The molecule has 1 aromatic rings. The smallest absolute Gasteiger partial charge is 0.178 e. The summed E-state index contributed by atoms with van der Waals surface area (Å²) in [6, 6.07) is 1.99. The molecule has 2 rings (SSSR count). The predicted molar refractivity (Wildman–Crippen MR) is 80.3 cm³/mol. The van der Waals surface area contributed by atoms with Gasteiger partial charge in [-0.15, -0.1) is 11.3 Å². The highest BCUT2D eigenvalue weighted by molar-refractivity contribution is 9.11. The molecule has 0 saturated heterocycles. The molecule has 0 bridgehead atoms. The van der Waals surface area contributed by atoms with Crippen molar-refractivity contribution in [2.75, 3.05) is 7.11 Å². The summed E-state index contributed by atoms with van der Waals surface area (Å²) in [5, 5.41) is 9.97. The zero-order chi connectivity index (χ0) is 15.1. The number of thiazole rings is 1. The van der Waals surface area contributed by atoms with E-state index in [0.29, 0.717) is 6.42 Å². The van der Waals surface area contributed by atoms with E-state index in [2.05, 4.69) is 20.9 Å². The Hall–Kier alpha value is -1.03. The van der Waals surface area contributed by atoms with Gasteiger partial charge in [0, 0.05) is 12.5 Å². The Labute approximate surface area is 130 Å². The molecule has 0 aromatic carbocycles. The summed E-state index contributed by atoms with van der Waals surface area (Å²) < 4.78 is 6.63. The molecule has 20 heavy (non-hydrogen) atoms. The number of nitriles is 1. The van der Waals surface area contributed by atoms with Crippen LogP contribution in [-0.4, -0.2) is 17.9 Å². The lowest BCUT2D eigenvalue weighted by Gasteiger charge is -2.38. The standard InChI is InChI=1S/C14H15BrN2O2S/c1-8-11(15)20-12(17-8)14(19-4)5-9(6-16)10(18)13(2,3)7-14/h5H,7H2,1-4H3/t14-/m1/s1. The molecule has 0 fully saturated rings. The second-order valence-corrected chi connectivity index (χ2v) is 7.85.